The van der Waals surface area contributed by atoms with Gasteiger partial charge < -0.3 is 20.1 Å². The minimum absolute atomic E-state index is 0.0512. The lowest BCUT2D eigenvalue weighted by molar-refractivity contribution is -0.161. The summed E-state index contributed by atoms with van der Waals surface area (Å²) in [5.41, 5.74) is 5.41. The predicted octanol–water partition coefficient (Wildman–Crippen LogP) is 24.1. The van der Waals surface area contributed by atoms with Gasteiger partial charge in [-0.25, -0.2) is 4.57 Å². The van der Waals surface area contributed by atoms with Gasteiger partial charge in [-0.3, -0.25) is 18.6 Å². The number of phosphoric ester groups is 1. The number of carbonyl (C=O) groups is 2. The lowest BCUT2D eigenvalue weighted by atomic mass is 10.0. The number of hydrogen-bond donors (Lipinski definition) is 2. The second-order valence-corrected chi connectivity index (χ2v) is 25.5. The Morgan fingerprint density at radius 3 is 0.943 bits per heavy atom. The Hall–Kier alpha value is -3.33. The SMILES string of the molecule is CC/C=C\C/C=C\C/C=C\C/C=C\C/C=C\C/C=C\CCCCCCCCCCCCCCCCCCCCCCC(=O)OC(COC(=O)CCCCCCCCCCCCCC/C=C\C/C=C\C/C=C\CCCCCCC)COP(=O)(O)OCCN. The molecule has 0 aliphatic rings. The zero-order chi connectivity index (χ0) is 63.0. The maximum atomic E-state index is 12.8. The zero-order valence-corrected chi connectivity index (χ0v) is 57.4. The maximum absolute atomic E-state index is 12.8. The number of nitrogens with two attached hydrogens (primary N) is 1. The quantitative estimate of drug-likeness (QED) is 0.0264. The van der Waals surface area contributed by atoms with Crippen molar-refractivity contribution in [3.63, 3.8) is 0 Å². The predicted molar refractivity (Wildman–Crippen MR) is 376 cm³/mol. The molecule has 87 heavy (non-hydrogen) atoms. The first-order chi connectivity index (χ1) is 42.8. The molecular formula is C77H136NO8P. The summed E-state index contributed by atoms with van der Waals surface area (Å²) in [6.45, 7) is 3.65. The average molecular weight is 1230 g/mol. The molecule has 0 aliphatic carbocycles. The van der Waals surface area contributed by atoms with Crippen molar-refractivity contribution in [1.82, 2.24) is 0 Å². The summed E-state index contributed by atoms with van der Waals surface area (Å²) in [5, 5.41) is 0. The van der Waals surface area contributed by atoms with Crippen LogP contribution in [-0.2, 0) is 32.7 Å². The summed E-state index contributed by atoms with van der Waals surface area (Å²) in [5.74, 6) is -0.819. The number of rotatable bonds is 68. The minimum Gasteiger partial charge on any atom is -0.462 e. The van der Waals surface area contributed by atoms with Crippen LogP contribution in [-0.4, -0.2) is 49.3 Å². The number of unbranched alkanes of at least 4 members (excludes halogenated alkanes) is 37. The maximum Gasteiger partial charge on any atom is 0.472 e. The van der Waals surface area contributed by atoms with Crippen LogP contribution in [0, 0.1) is 0 Å². The van der Waals surface area contributed by atoms with Crippen LogP contribution < -0.4 is 5.73 Å². The highest BCUT2D eigenvalue weighted by Crippen LogP contribution is 2.43. The Morgan fingerprint density at radius 1 is 0.356 bits per heavy atom. The van der Waals surface area contributed by atoms with Crippen molar-refractivity contribution in [3.8, 4) is 0 Å². The van der Waals surface area contributed by atoms with Crippen molar-refractivity contribution in [2.75, 3.05) is 26.4 Å². The second-order valence-electron chi connectivity index (χ2n) is 24.1. The van der Waals surface area contributed by atoms with Gasteiger partial charge in [-0.2, -0.15) is 0 Å². The number of allylic oxidation sites excluding steroid dienone is 18. The van der Waals surface area contributed by atoms with Crippen molar-refractivity contribution < 1.29 is 37.6 Å². The molecule has 2 atom stereocenters. The Kier molecular flexibility index (Phi) is 69.0. The van der Waals surface area contributed by atoms with Gasteiger partial charge in [-0.05, 0) is 103 Å². The molecule has 2 unspecified atom stereocenters. The third-order valence-corrected chi connectivity index (χ3v) is 16.6. The fourth-order valence-corrected chi connectivity index (χ4v) is 11.1. The molecule has 0 spiro atoms. The van der Waals surface area contributed by atoms with Crippen LogP contribution in [0.3, 0.4) is 0 Å². The number of ether oxygens (including phenoxy) is 2. The molecule has 0 aliphatic heterocycles. The standard InChI is InChI=1S/C77H136NO8P/c1-3-5-7-9-11-13-15-17-19-21-23-25-27-29-31-32-33-34-35-36-37-38-39-40-41-42-44-46-48-50-52-54-56-58-60-62-64-66-68-70-77(80)86-75(74-85-87(81,82)84-72-71-78)73-83-76(79)69-67-65-63-61-59-57-55-53-51-49-47-45-43-30-28-26-24-22-20-18-16-14-12-10-8-6-4-2/h5,7,11,13,16-19,22-25,28-31,33-34,75H,3-4,6,8-10,12,14-15,20-21,26-27,32,35-74,78H2,1-2H3,(H,81,82)/b7-5-,13-11-,18-16-,19-17-,24-22-,25-23-,30-28-,31-29-,34-33-. The third kappa shape index (κ3) is 71.6. The number of phosphoric acid groups is 1. The molecule has 9 nitrogen and oxygen atoms in total. The van der Waals surface area contributed by atoms with Crippen molar-refractivity contribution >= 4 is 19.8 Å². The van der Waals surface area contributed by atoms with Gasteiger partial charge in [0, 0.05) is 19.4 Å². The molecule has 0 aromatic rings. The van der Waals surface area contributed by atoms with Gasteiger partial charge in [-0.15, -0.1) is 0 Å². The summed E-state index contributed by atoms with van der Waals surface area (Å²) in [7, 11) is -4.40. The Balaban J connectivity index is 3.84. The molecule has 0 aromatic carbocycles. The van der Waals surface area contributed by atoms with Crippen molar-refractivity contribution in [1.29, 1.82) is 0 Å². The molecule has 0 fully saturated rings. The smallest absolute Gasteiger partial charge is 0.462 e. The molecular weight excluding hydrogens is 1100 g/mol. The number of esters is 2. The van der Waals surface area contributed by atoms with E-state index >= 15 is 0 Å². The summed E-state index contributed by atoms with van der Waals surface area (Å²) < 4.78 is 33.2. The van der Waals surface area contributed by atoms with E-state index in [1.54, 1.807) is 0 Å². The summed E-state index contributed by atoms with van der Waals surface area (Å²) in [6, 6.07) is 0. The number of hydrogen-bond acceptors (Lipinski definition) is 8. The van der Waals surface area contributed by atoms with E-state index in [0.717, 1.165) is 89.9 Å². The van der Waals surface area contributed by atoms with E-state index in [2.05, 4.69) is 123 Å². The topological polar surface area (TPSA) is 134 Å². The van der Waals surface area contributed by atoms with Gasteiger partial charge in [0.25, 0.3) is 0 Å². The van der Waals surface area contributed by atoms with Gasteiger partial charge in [0.2, 0.25) is 0 Å². The van der Waals surface area contributed by atoms with Gasteiger partial charge in [0.05, 0.1) is 13.2 Å². The van der Waals surface area contributed by atoms with Crippen molar-refractivity contribution in [2.45, 2.75) is 341 Å². The summed E-state index contributed by atoms with van der Waals surface area (Å²) in [4.78, 5) is 35.4. The monoisotopic (exact) mass is 1230 g/mol. The summed E-state index contributed by atoms with van der Waals surface area (Å²) >= 11 is 0. The largest absolute Gasteiger partial charge is 0.472 e. The molecule has 3 N–H and O–H groups in total. The highest BCUT2D eigenvalue weighted by Gasteiger charge is 2.26. The average Bonchev–Trinajstić information content (AvgIpc) is 3.64. The fraction of sp³-hybridized carbons (Fsp3) is 0.740. The Morgan fingerprint density at radius 2 is 0.632 bits per heavy atom. The minimum atomic E-state index is -4.40. The molecule has 10 heteroatoms. The van der Waals surface area contributed by atoms with Gasteiger partial charge in [-0.1, -0.05) is 329 Å². The van der Waals surface area contributed by atoms with Crippen LogP contribution in [0.25, 0.3) is 0 Å². The zero-order valence-electron chi connectivity index (χ0n) is 56.5. The van der Waals surface area contributed by atoms with E-state index in [4.69, 9.17) is 24.3 Å². The van der Waals surface area contributed by atoms with Crippen LogP contribution in [0.5, 0.6) is 0 Å². The van der Waals surface area contributed by atoms with E-state index in [1.165, 1.54) is 212 Å². The van der Waals surface area contributed by atoms with Crippen LogP contribution in [0.2, 0.25) is 0 Å². The molecule has 0 heterocycles. The first-order valence-corrected chi connectivity index (χ1v) is 37.9. The van der Waals surface area contributed by atoms with E-state index in [0.29, 0.717) is 6.42 Å². The Labute approximate surface area is 537 Å². The molecule has 0 saturated heterocycles. The van der Waals surface area contributed by atoms with Crippen LogP contribution >= 0.6 is 7.82 Å². The molecule has 0 bridgehead atoms. The van der Waals surface area contributed by atoms with Crippen LogP contribution in [0.4, 0.5) is 0 Å². The molecule has 0 amide bonds. The molecule has 502 valence electrons. The van der Waals surface area contributed by atoms with E-state index in [1.807, 2.05) is 0 Å². The van der Waals surface area contributed by atoms with Crippen LogP contribution in [0.1, 0.15) is 335 Å². The molecule has 0 saturated carbocycles. The van der Waals surface area contributed by atoms with Gasteiger partial charge in [0.15, 0.2) is 6.10 Å². The second kappa shape index (κ2) is 71.7. The van der Waals surface area contributed by atoms with Gasteiger partial charge in [0.1, 0.15) is 6.61 Å². The first kappa shape index (κ1) is 83.7. The van der Waals surface area contributed by atoms with Gasteiger partial charge >= 0.3 is 19.8 Å². The molecule has 0 rings (SSSR count). The van der Waals surface area contributed by atoms with Crippen LogP contribution in [0.15, 0.2) is 109 Å². The lowest BCUT2D eigenvalue weighted by Crippen LogP contribution is -2.29. The summed E-state index contributed by atoms with van der Waals surface area (Å²) in [6.07, 6.45) is 99.0. The first-order valence-electron chi connectivity index (χ1n) is 36.4. The highest BCUT2D eigenvalue weighted by molar-refractivity contribution is 7.47. The van der Waals surface area contributed by atoms with Crippen molar-refractivity contribution in [2.24, 2.45) is 5.73 Å². The van der Waals surface area contributed by atoms with E-state index in [9.17, 15) is 19.0 Å². The molecule has 0 radical (unpaired) electrons. The lowest BCUT2D eigenvalue weighted by Gasteiger charge is -2.19. The van der Waals surface area contributed by atoms with E-state index < -0.39 is 26.5 Å². The molecule has 0 aromatic heterocycles. The number of carbonyl (C=O) groups excluding carboxylic acids is 2. The van der Waals surface area contributed by atoms with E-state index in [-0.39, 0.29) is 38.6 Å². The third-order valence-electron chi connectivity index (χ3n) is 15.6. The highest BCUT2D eigenvalue weighted by atomic mass is 31.2. The Bertz CT molecular complexity index is 1800. The normalized spacial score (nSPS) is 13.6. The fourth-order valence-electron chi connectivity index (χ4n) is 10.3. The van der Waals surface area contributed by atoms with Crippen molar-refractivity contribution in [3.05, 3.63) is 109 Å².